The van der Waals surface area contributed by atoms with Gasteiger partial charge < -0.3 is 15.2 Å². The standard InChI is InChI=1S/C23H25N5.C7H11N3O2.C2H4.H2/c1-14-20(15(2)28(3)27-14)22-25-21-19(11-12-24-23(21)26-22)18-10-9-16-7-5-4-6-8-17(16)13-18;1-7(2,3)6-9-5(4(8)11)12-10-6;1-2;/h9-13H,4-8H2,1-3H3,(H,24,25,26);1-3H3,(H2,8,11);1-2H2;1H. The first kappa shape index (κ1) is 30.4. The van der Waals surface area contributed by atoms with Gasteiger partial charge in [0.2, 0.25) is 0 Å². The van der Waals surface area contributed by atoms with Crippen LogP contribution in [0, 0.1) is 13.8 Å². The van der Waals surface area contributed by atoms with Crippen molar-refractivity contribution >= 4 is 17.1 Å². The molecule has 0 aliphatic heterocycles. The van der Waals surface area contributed by atoms with Crippen LogP contribution < -0.4 is 5.73 Å². The Morgan fingerprint density at radius 3 is 2.38 bits per heavy atom. The van der Waals surface area contributed by atoms with Crippen LogP contribution in [0.4, 0.5) is 0 Å². The maximum absolute atomic E-state index is 10.6. The van der Waals surface area contributed by atoms with Gasteiger partial charge in [-0.1, -0.05) is 50.5 Å². The van der Waals surface area contributed by atoms with Crippen molar-refractivity contribution < 1.29 is 10.7 Å². The maximum Gasteiger partial charge on any atom is 0.315 e. The molecule has 0 atom stereocenters. The zero-order valence-electron chi connectivity index (χ0n) is 25.4. The number of amides is 1. The highest BCUT2D eigenvalue weighted by molar-refractivity contribution is 5.92. The van der Waals surface area contributed by atoms with Gasteiger partial charge in [-0.05, 0) is 62.3 Å². The Labute approximate surface area is 248 Å². The van der Waals surface area contributed by atoms with Gasteiger partial charge in [-0.15, -0.1) is 13.2 Å². The highest BCUT2D eigenvalue weighted by atomic mass is 16.5. The number of H-pyrrole nitrogens is 1. The molecule has 1 aliphatic carbocycles. The van der Waals surface area contributed by atoms with Crippen LogP contribution in [0.2, 0.25) is 0 Å². The predicted molar refractivity (Wildman–Crippen MR) is 167 cm³/mol. The van der Waals surface area contributed by atoms with E-state index < -0.39 is 5.91 Å². The van der Waals surface area contributed by atoms with E-state index in [9.17, 15) is 4.79 Å². The van der Waals surface area contributed by atoms with Crippen LogP contribution in [0.15, 0.2) is 48.1 Å². The molecule has 1 aliphatic rings. The number of imidazole rings is 1. The van der Waals surface area contributed by atoms with Crippen molar-refractivity contribution in [2.45, 2.75) is 72.1 Å². The van der Waals surface area contributed by atoms with Gasteiger partial charge in [0, 0.05) is 31.3 Å². The number of aromatic amines is 1. The summed E-state index contributed by atoms with van der Waals surface area (Å²) in [5.41, 5.74) is 15.0. The number of aromatic nitrogens is 7. The lowest BCUT2D eigenvalue weighted by Crippen LogP contribution is -2.15. The summed E-state index contributed by atoms with van der Waals surface area (Å²) in [4.78, 5) is 27.2. The van der Waals surface area contributed by atoms with E-state index in [1.807, 2.05) is 45.6 Å². The van der Waals surface area contributed by atoms with Crippen LogP contribution in [-0.2, 0) is 25.3 Å². The van der Waals surface area contributed by atoms with Gasteiger partial charge in [0.25, 0.3) is 0 Å². The number of benzene rings is 1. The number of nitrogens with two attached hydrogens (primary N) is 1. The number of pyridine rings is 1. The minimum Gasteiger partial charge on any atom is -0.361 e. The number of nitrogens with one attached hydrogen (secondary N) is 1. The quantitative estimate of drug-likeness (QED) is 0.188. The fraction of sp³-hybridized carbons (Fsp3) is 0.375. The Kier molecular flexibility index (Phi) is 9.04. The molecule has 3 N–H and O–H groups in total. The monoisotopic (exact) mass is 570 g/mol. The lowest BCUT2D eigenvalue weighted by Gasteiger charge is -2.10. The second-order valence-corrected chi connectivity index (χ2v) is 11.4. The molecule has 5 aromatic rings. The van der Waals surface area contributed by atoms with Crippen LogP contribution in [0.1, 0.15) is 80.5 Å². The Bertz CT molecular complexity index is 1710. The van der Waals surface area contributed by atoms with Gasteiger partial charge >= 0.3 is 11.8 Å². The van der Waals surface area contributed by atoms with Gasteiger partial charge in [0.15, 0.2) is 11.5 Å². The molecular formula is C32H42N8O2. The second-order valence-electron chi connectivity index (χ2n) is 11.4. The molecule has 0 fully saturated rings. The number of hydrogen-bond acceptors (Lipinski definition) is 7. The molecule has 0 saturated heterocycles. The lowest BCUT2D eigenvalue weighted by molar-refractivity contribution is 0.0958. The van der Waals surface area contributed by atoms with Crippen molar-refractivity contribution in [1.82, 2.24) is 34.9 Å². The third-order valence-electron chi connectivity index (χ3n) is 7.36. The molecule has 10 nitrogen and oxygen atoms in total. The van der Waals surface area contributed by atoms with E-state index in [0.29, 0.717) is 5.82 Å². The lowest BCUT2D eigenvalue weighted by atomic mass is 9.96. The van der Waals surface area contributed by atoms with E-state index in [1.54, 1.807) is 0 Å². The fourth-order valence-corrected chi connectivity index (χ4v) is 5.09. The Balaban J connectivity index is 0.000000286. The van der Waals surface area contributed by atoms with Gasteiger partial charge in [0.1, 0.15) is 5.82 Å². The largest absolute Gasteiger partial charge is 0.361 e. The molecule has 222 valence electrons. The Morgan fingerprint density at radius 2 is 1.79 bits per heavy atom. The van der Waals surface area contributed by atoms with Crippen LogP contribution in [-0.4, -0.2) is 40.8 Å². The molecule has 6 rings (SSSR count). The van der Waals surface area contributed by atoms with E-state index in [0.717, 1.165) is 39.5 Å². The number of fused-ring (bicyclic) bond motifs is 2. The summed E-state index contributed by atoms with van der Waals surface area (Å²) in [6.45, 7) is 15.9. The summed E-state index contributed by atoms with van der Waals surface area (Å²) in [7, 11) is 1.97. The molecular weight excluding hydrogens is 528 g/mol. The zero-order valence-corrected chi connectivity index (χ0v) is 25.4. The second kappa shape index (κ2) is 12.5. The first-order valence-corrected chi connectivity index (χ1v) is 14.1. The number of primary amides is 1. The van der Waals surface area contributed by atoms with Gasteiger partial charge in [0.05, 0.1) is 16.8 Å². The molecule has 4 heterocycles. The smallest absolute Gasteiger partial charge is 0.315 e. The third-order valence-corrected chi connectivity index (χ3v) is 7.36. The molecule has 0 saturated carbocycles. The Hall–Kier alpha value is -4.60. The normalized spacial score (nSPS) is 12.9. The topological polar surface area (TPSA) is 141 Å². The third kappa shape index (κ3) is 6.32. The minimum absolute atomic E-state index is 0. The van der Waals surface area contributed by atoms with E-state index in [-0.39, 0.29) is 12.7 Å². The molecule has 0 unspecified atom stereocenters. The van der Waals surface area contributed by atoms with Crippen molar-refractivity contribution in [1.29, 1.82) is 0 Å². The van der Waals surface area contributed by atoms with Crippen LogP contribution in [0.25, 0.3) is 33.7 Å². The number of nitrogens with zero attached hydrogens (tertiary/aromatic N) is 6. The number of rotatable bonds is 3. The van der Waals surface area contributed by atoms with Gasteiger partial charge in [-0.3, -0.25) is 9.48 Å². The van der Waals surface area contributed by atoms with Crippen LogP contribution >= 0.6 is 0 Å². The minimum atomic E-state index is -0.696. The van der Waals surface area contributed by atoms with Crippen molar-refractivity contribution in [3.05, 3.63) is 77.9 Å². The van der Waals surface area contributed by atoms with Crippen LogP contribution in [0.3, 0.4) is 0 Å². The van der Waals surface area contributed by atoms with E-state index in [2.05, 4.69) is 74.1 Å². The van der Waals surface area contributed by atoms with Crippen molar-refractivity contribution in [3.8, 4) is 22.5 Å². The van der Waals surface area contributed by atoms with Gasteiger partial charge in [-0.2, -0.15) is 10.1 Å². The number of aryl methyl sites for hydroxylation is 4. The first-order valence-electron chi connectivity index (χ1n) is 14.1. The zero-order chi connectivity index (χ0) is 30.6. The molecule has 4 aromatic heterocycles. The average molecular weight is 571 g/mol. The molecule has 10 heteroatoms. The highest BCUT2D eigenvalue weighted by Crippen LogP contribution is 2.33. The molecule has 42 heavy (non-hydrogen) atoms. The van der Waals surface area contributed by atoms with Gasteiger partial charge in [-0.25, -0.2) is 9.97 Å². The Morgan fingerprint density at radius 1 is 1.07 bits per heavy atom. The summed E-state index contributed by atoms with van der Waals surface area (Å²) >= 11 is 0. The van der Waals surface area contributed by atoms with E-state index in [4.69, 9.17) is 10.7 Å². The molecule has 1 amide bonds. The number of hydrogen-bond donors (Lipinski definition) is 2. The van der Waals surface area contributed by atoms with Crippen molar-refractivity contribution in [2.75, 3.05) is 0 Å². The maximum atomic E-state index is 10.6. The molecule has 0 bridgehead atoms. The predicted octanol–water partition coefficient (Wildman–Crippen LogP) is 6.43. The van der Waals surface area contributed by atoms with E-state index in [1.165, 1.54) is 48.8 Å². The highest BCUT2D eigenvalue weighted by Gasteiger charge is 2.22. The van der Waals surface area contributed by atoms with Crippen molar-refractivity contribution in [2.24, 2.45) is 12.8 Å². The van der Waals surface area contributed by atoms with Crippen LogP contribution in [0.5, 0.6) is 0 Å². The SMILES string of the molecule is C=C.CC(C)(C)c1noc(C(N)=O)n1.Cc1nn(C)c(C)c1-c1nc2nccc(-c3ccc4c(c3)CCCCC4)c2[nH]1.[HH]. The summed E-state index contributed by atoms with van der Waals surface area (Å²) in [6.07, 6.45) is 8.17. The number of carbonyl (C=O) groups excluding carboxylic acids is 1. The van der Waals surface area contributed by atoms with Crippen molar-refractivity contribution in [3.63, 3.8) is 0 Å². The summed E-state index contributed by atoms with van der Waals surface area (Å²) in [5, 5.41) is 8.15. The summed E-state index contributed by atoms with van der Waals surface area (Å²) < 4.78 is 6.52. The fourth-order valence-electron chi connectivity index (χ4n) is 5.09. The molecule has 1 aromatic carbocycles. The van der Waals surface area contributed by atoms with E-state index >= 15 is 0 Å². The summed E-state index contributed by atoms with van der Waals surface area (Å²) in [5.74, 6) is 0.488. The average Bonchev–Trinajstić information content (AvgIpc) is 3.63. The first-order chi connectivity index (χ1) is 20.0. The molecule has 0 spiro atoms. The molecule has 0 radical (unpaired) electrons. The number of carbonyl (C=O) groups is 1. The summed E-state index contributed by atoms with van der Waals surface area (Å²) in [6, 6.07) is 9.02.